The number of hydrogen-bond donors (Lipinski definition) is 2. The Hall–Kier alpha value is -4.58. The van der Waals surface area contributed by atoms with Gasteiger partial charge in [-0.05, 0) is 69.7 Å². The van der Waals surface area contributed by atoms with Crippen LogP contribution < -0.4 is 26.4 Å². The van der Waals surface area contributed by atoms with Gasteiger partial charge in [0.2, 0.25) is 0 Å². The molecule has 0 atom stereocenters. The molecule has 4 fully saturated rings. The van der Waals surface area contributed by atoms with Gasteiger partial charge in [0.25, 0.3) is 11.1 Å². The number of fused-ring (bicyclic) bond motifs is 2. The fourth-order valence-corrected chi connectivity index (χ4v) is 9.93. The number of aryl methyl sites for hydroxylation is 1. The predicted octanol–water partition coefficient (Wildman–Crippen LogP) is 3.78. The minimum atomic E-state index is -0.628. The largest absolute Gasteiger partial charge is 0.493 e. The zero-order valence-electron chi connectivity index (χ0n) is 31.9. The van der Waals surface area contributed by atoms with Crippen LogP contribution in [0.3, 0.4) is 0 Å². The van der Waals surface area contributed by atoms with Crippen molar-refractivity contribution in [2.75, 3.05) is 64.0 Å². The molecule has 7 heterocycles. The predicted molar refractivity (Wildman–Crippen MR) is 215 cm³/mol. The number of piperidine rings is 2. The van der Waals surface area contributed by atoms with Crippen LogP contribution in [0.25, 0.3) is 27.6 Å². The third kappa shape index (κ3) is 7.86. The van der Waals surface area contributed by atoms with Crippen molar-refractivity contribution in [3.63, 3.8) is 0 Å². The number of rotatable bonds is 10. The van der Waals surface area contributed by atoms with Crippen molar-refractivity contribution >= 4 is 39.3 Å². The molecule has 17 heteroatoms. The van der Waals surface area contributed by atoms with Gasteiger partial charge in [-0.3, -0.25) is 33.6 Å². The second-order valence-electron chi connectivity index (χ2n) is 15.8. The van der Waals surface area contributed by atoms with Crippen LogP contribution in [0.1, 0.15) is 44.3 Å². The number of hydrogen-bond acceptors (Lipinski definition) is 11. The van der Waals surface area contributed by atoms with Crippen LogP contribution >= 0.6 is 11.8 Å². The Labute approximate surface area is 331 Å². The lowest BCUT2D eigenvalue weighted by Crippen LogP contribution is -2.64. The number of aromatic nitrogens is 6. The van der Waals surface area contributed by atoms with Gasteiger partial charge in [-0.25, -0.2) is 18.6 Å². The molecule has 14 nitrogen and oxygen atoms in total. The van der Waals surface area contributed by atoms with Gasteiger partial charge in [0.1, 0.15) is 28.6 Å². The van der Waals surface area contributed by atoms with Crippen molar-refractivity contribution in [1.82, 2.24) is 39.1 Å². The number of anilines is 1. The summed E-state index contributed by atoms with van der Waals surface area (Å²) >= 11 is 1.75. The summed E-state index contributed by atoms with van der Waals surface area (Å²) in [5.74, 6) is 1.15. The van der Waals surface area contributed by atoms with Gasteiger partial charge in [-0.15, -0.1) is 0 Å². The van der Waals surface area contributed by atoms with Crippen LogP contribution in [0.15, 0.2) is 50.9 Å². The van der Waals surface area contributed by atoms with E-state index >= 15 is 8.78 Å². The van der Waals surface area contributed by atoms with Crippen molar-refractivity contribution in [2.45, 2.75) is 61.6 Å². The number of nitrogens with zero attached hydrogens (tertiary/aromatic N) is 7. The summed E-state index contributed by atoms with van der Waals surface area (Å²) < 4.78 is 45.1. The van der Waals surface area contributed by atoms with Crippen molar-refractivity contribution in [3.8, 4) is 11.6 Å². The molecule has 0 aliphatic carbocycles. The molecule has 57 heavy (non-hydrogen) atoms. The average molecular weight is 804 g/mol. The highest BCUT2D eigenvalue weighted by Crippen LogP contribution is 2.34. The number of aromatic amines is 2. The maximum atomic E-state index is 15.6. The monoisotopic (exact) mass is 803 g/mol. The fraction of sp³-hybridized carbons (Fsp3) is 0.525. The van der Waals surface area contributed by atoms with Gasteiger partial charge in [-0.2, -0.15) is 16.9 Å². The second kappa shape index (κ2) is 16.0. The van der Waals surface area contributed by atoms with Gasteiger partial charge in [0, 0.05) is 93.6 Å². The Morgan fingerprint density at radius 2 is 1.67 bits per heavy atom. The van der Waals surface area contributed by atoms with Gasteiger partial charge in [0.05, 0.1) is 29.1 Å². The first-order valence-corrected chi connectivity index (χ1v) is 21.0. The second-order valence-corrected chi connectivity index (χ2v) is 17.1. The minimum absolute atomic E-state index is 0.0348. The van der Waals surface area contributed by atoms with Crippen molar-refractivity contribution in [1.29, 1.82) is 0 Å². The molecule has 5 aromatic rings. The fourth-order valence-electron chi connectivity index (χ4n) is 8.88. The van der Waals surface area contributed by atoms with Crippen LogP contribution in [0.4, 0.5) is 14.5 Å². The summed E-state index contributed by atoms with van der Waals surface area (Å²) in [6.45, 7) is 7.55. The molecule has 4 aliphatic rings. The first-order valence-electron chi connectivity index (χ1n) is 19.9. The van der Waals surface area contributed by atoms with Crippen LogP contribution in [0.5, 0.6) is 5.75 Å². The molecule has 0 amide bonds. The van der Waals surface area contributed by atoms with Crippen LogP contribution in [0.2, 0.25) is 0 Å². The molecule has 302 valence electrons. The molecule has 9 rings (SSSR count). The van der Waals surface area contributed by atoms with Gasteiger partial charge >= 0.3 is 5.69 Å². The molecule has 2 N–H and O–H groups in total. The molecule has 2 aromatic carbocycles. The van der Waals surface area contributed by atoms with E-state index < -0.39 is 22.6 Å². The third-order valence-corrected chi connectivity index (χ3v) is 13.6. The number of nitrogens with one attached hydrogen (secondary N) is 2. The maximum absolute atomic E-state index is 15.6. The van der Waals surface area contributed by atoms with Crippen LogP contribution in [-0.2, 0) is 17.5 Å². The molecule has 3 aromatic heterocycles. The number of halogens is 2. The summed E-state index contributed by atoms with van der Waals surface area (Å²) in [5, 5.41) is 5.38. The van der Waals surface area contributed by atoms with Gasteiger partial charge in [0.15, 0.2) is 5.82 Å². The normalized spacial score (nSPS) is 19.8. The highest BCUT2D eigenvalue weighted by atomic mass is 32.2. The van der Waals surface area contributed by atoms with E-state index in [9.17, 15) is 14.4 Å². The van der Waals surface area contributed by atoms with E-state index in [0.29, 0.717) is 69.3 Å². The van der Waals surface area contributed by atoms with Crippen LogP contribution in [-0.4, -0.2) is 116 Å². The van der Waals surface area contributed by atoms with Crippen molar-refractivity contribution in [3.05, 3.63) is 85.2 Å². The zero-order valence-corrected chi connectivity index (χ0v) is 32.7. The average Bonchev–Trinajstić information content (AvgIpc) is 3.50. The molecular formula is C40H47F2N9O5S. The Bertz CT molecular complexity index is 2440. The highest BCUT2D eigenvalue weighted by Gasteiger charge is 2.38. The van der Waals surface area contributed by atoms with E-state index in [1.165, 1.54) is 29.0 Å². The Kier molecular flexibility index (Phi) is 10.6. The first-order chi connectivity index (χ1) is 27.7. The lowest BCUT2D eigenvalue weighted by Gasteiger charge is -2.52. The van der Waals surface area contributed by atoms with Crippen molar-refractivity contribution < 1.29 is 18.3 Å². The minimum Gasteiger partial charge on any atom is -0.493 e. The molecule has 0 saturated carbocycles. The number of likely N-dealkylation sites (tertiary alicyclic amines) is 2. The van der Waals surface area contributed by atoms with Gasteiger partial charge < -0.3 is 19.4 Å². The van der Waals surface area contributed by atoms with E-state index in [4.69, 9.17) is 9.47 Å². The Morgan fingerprint density at radius 3 is 2.42 bits per heavy atom. The number of H-pyrrole nitrogens is 2. The van der Waals surface area contributed by atoms with Crippen LogP contribution in [0, 0.1) is 17.6 Å². The van der Waals surface area contributed by atoms with E-state index in [-0.39, 0.29) is 17.0 Å². The standard InChI is InChI=1S/C40H47F2N9O5S/c1-47-33-19-34(30(41)18-29(33)38(46-47)51-13-6-36(52)45-40(51)54)49-11-4-25(5-12-49)50-20-26(21-50)48-9-2-24(3-10-48)22-56-27-16-31(42)37-32(17-27)43-35(44-39(37)53)23-57-28-7-14-55-15-8-28/h6,13,16-19,24-26,28H,2-5,7-12,14-15,20-23H2,1H3,(H,43,44,53)(H,45,52,54). The van der Waals surface area contributed by atoms with E-state index in [0.717, 1.165) is 91.0 Å². The van der Waals surface area contributed by atoms with E-state index in [2.05, 4.69) is 34.8 Å². The molecule has 0 spiro atoms. The summed E-state index contributed by atoms with van der Waals surface area (Å²) in [7, 11) is 1.76. The van der Waals surface area contributed by atoms with E-state index in [1.807, 2.05) is 0 Å². The molecule has 4 aliphatic heterocycles. The Balaban J connectivity index is 0.739. The Morgan fingerprint density at radius 1 is 0.895 bits per heavy atom. The summed E-state index contributed by atoms with van der Waals surface area (Å²) in [6, 6.07) is 8.44. The van der Waals surface area contributed by atoms with Gasteiger partial charge in [-0.1, -0.05) is 0 Å². The molecule has 0 unspecified atom stereocenters. The summed E-state index contributed by atoms with van der Waals surface area (Å²) in [4.78, 5) is 53.6. The molecule has 4 saturated heterocycles. The zero-order chi connectivity index (χ0) is 39.2. The third-order valence-electron chi connectivity index (χ3n) is 12.2. The first kappa shape index (κ1) is 38.0. The van der Waals surface area contributed by atoms with Crippen molar-refractivity contribution in [2.24, 2.45) is 13.0 Å². The summed E-state index contributed by atoms with van der Waals surface area (Å²) in [5.41, 5.74) is -0.0475. The molecule has 0 bridgehead atoms. The highest BCUT2D eigenvalue weighted by molar-refractivity contribution is 7.99. The molecular weight excluding hydrogens is 757 g/mol. The lowest BCUT2D eigenvalue weighted by atomic mass is 9.92. The topological polar surface area (TPSA) is 147 Å². The number of ether oxygens (including phenoxy) is 2. The quantitative estimate of drug-likeness (QED) is 0.213. The number of benzene rings is 2. The number of thioether (sulfide) groups is 1. The maximum Gasteiger partial charge on any atom is 0.334 e. The summed E-state index contributed by atoms with van der Waals surface area (Å²) in [6.07, 6.45) is 7.21. The smallest absolute Gasteiger partial charge is 0.334 e. The van der Waals surface area contributed by atoms with E-state index in [1.54, 1.807) is 35.6 Å². The molecule has 0 radical (unpaired) electrons. The SMILES string of the molecule is Cn1nc(-n2ccc(=O)[nH]c2=O)c2cc(F)c(N3CCC(N4CC(N5CCC(COc6cc(F)c7c(=O)[nH]c(CSC8CCOCC8)nc7c6)CC5)C4)CC3)cc21. The lowest BCUT2D eigenvalue weighted by molar-refractivity contribution is -0.0181.